The Labute approximate surface area is 130 Å². The largest absolute Gasteiger partial charge is 0.353 e. The summed E-state index contributed by atoms with van der Waals surface area (Å²) in [4.78, 5) is 7.19. The Bertz CT molecular complexity index is 282. The molecule has 0 aliphatic heterocycles. The van der Waals surface area contributed by atoms with Crippen LogP contribution in [-0.4, -0.2) is 42.6 Å². The maximum atomic E-state index is 5.61. The fourth-order valence-electron chi connectivity index (χ4n) is 2.98. The van der Waals surface area contributed by atoms with Crippen LogP contribution in [0.25, 0.3) is 0 Å². The molecule has 21 heavy (non-hydrogen) atoms. The van der Waals surface area contributed by atoms with Crippen LogP contribution in [0.1, 0.15) is 65.7 Å². The van der Waals surface area contributed by atoms with Gasteiger partial charge in [0.25, 0.3) is 0 Å². The molecule has 0 amide bonds. The van der Waals surface area contributed by atoms with Gasteiger partial charge in [-0.15, -0.1) is 0 Å². The Morgan fingerprint density at radius 3 is 2.48 bits per heavy atom. The number of hydrazine groups is 1. The van der Waals surface area contributed by atoms with Crippen molar-refractivity contribution in [2.75, 3.05) is 19.6 Å². The lowest BCUT2D eigenvalue weighted by atomic mass is 9.96. The van der Waals surface area contributed by atoms with Gasteiger partial charge in [-0.25, -0.2) is 10.8 Å². The lowest BCUT2D eigenvalue weighted by Gasteiger charge is -2.22. The molecule has 0 saturated heterocycles. The lowest BCUT2D eigenvalue weighted by Crippen LogP contribution is -2.46. The van der Waals surface area contributed by atoms with Crippen molar-refractivity contribution in [2.24, 2.45) is 10.8 Å². The SMILES string of the molecule is CCN(CC)CCCC(C)NC(=NC1CCCCC1)NN. The molecular formula is C16H35N5. The zero-order valence-electron chi connectivity index (χ0n) is 14.2. The van der Waals surface area contributed by atoms with E-state index in [0.29, 0.717) is 12.1 Å². The van der Waals surface area contributed by atoms with Crippen molar-refractivity contribution < 1.29 is 0 Å². The van der Waals surface area contributed by atoms with E-state index in [2.05, 4.69) is 36.4 Å². The van der Waals surface area contributed by atoms with Crippen molar-refractivity contribution in [3.63, 3.8) is 0 Å². The molecule has 1 saturated carbocycles. The number of hydrogen-bond donors (Lipinski definition) is 3. The Morgan fingerprint density at radius 2 is 1.90 bits per heavy atom. The molecule has 0 aromatic heterocycles. The van der Waals surface area contributed by atoms with Crippen LogP contribution < -0.4 is 16.6 Å². The number of hydrogen-bond acceptors (Lipinski definition) is 3. The van der Waals surface area contributed by atoms with E-state index in [9.17, 15) is 0 Å². The average Bonchev–Trinajstić information content (AvgIpc) is 2.52. The number of nitrogens with two attached hydrogens (primary N) is 1. The van der Waals surface area contributed by atoms with Gasteiger partial charge >= 0.3 is 0 Å². The first-order valence-corrected chi connectivity index (χ1v) is 8.72. The van der Waals surface area contributed by atoms with Gasteiger partial charge in [-0.1, -0.05) is 33.1 Å². The van der Waals surface area contributed by atoms with Gasteiger partial charge in [-0.3, -0.25) is 5.43 Å². The minimum Gasteiger partial charge on any atom is -0.353 e. The molecule has 0 radical (unpaired) electrons. The third kappa shape index (κ3) is 7.67. The molecule has 0 spiro atoms. The van der Waals surface area contributed by atoms with E-state index in [1.165, 1.54) is 45.1 Å². The second-order valence-electron chi connectivity index (χ2n) is 6.13. The summed E-state index contributed by atoms with van der Waals surface area (Å²) in [7, 11) is 0. The zero-order chi connectivity index (χ0) is 15.5. The number of guanidine groups is 1. The van der Waals surface area contributed by atoms with Crippen LogP contribution in [0.3, 0.4) is 0 Å². The zero-order valence-corrected chi connectivity index (χ0v) is 14.2. The number of aliphatic imine (C=N–C) groups is 1. The van der Waals surface area contributed by atoms with E-state index in [1.54, 1.807) is 0 Å². The fraction of sp³-hybridized carbons (Fsp3) is 0.938. The highest BCUT2D eigenvalue weighted by Gasteiger charge is 2.14. The van der Waals surface area contributed by atoms with Crippen molar-refractivity contribution in [2.45, 2.75) is 77.8 Å². The standard InChI is InChI=1S/C16H35N5/c1-4-21(5-2)13-9-10-14(3)18-16(20-17)19-15-11-7-6-8-12-15/h14-15H,4-13,17H2,1-3H3,(H2,18,19,20). The third-order valence-electron chi connectivity index (χ3n) is 4.41. The van der Waals surface area contributed by atoms with Crippen LogP contribution in [0.4, 0.5) is 0 Å². The van der Waals surface area contributed by atoms with Crippen LogP contribution >= 0.6 is 0 Å². The van der Waals surface area contributed by atoms with Gasteiger partial charge in [0.1, 0.15) is 0 Å². The van der Waals surface area contributed by atoms with Crippen LogP contribution in [0.15, 0.2) is 4.99 Å². The van der Waals surface area contributed by atoms with Crippen LogP contribution in [-0.2, 0) is 0 Å². The van der Waals surface area contributed by atoms with Crippen molar-refractivity contribution in [1.82, 2.24) is 15.6 Å². The van der Waals surface area contributed by atoms with Crippen LogP contribution in [0.2, 0.25) is 0 Å². The first-order chi connectivity index (χ1) is 10.2. The normalized spacial score (nSPS) is 18.8. The number of nitrogens with one attached hydrogen (secondary N) is 2. The molecule has 1 atom stereocenters. The molecule has 1 rings (SSSR count). The minimum atomic E-state index is 0.402. The quantitative estimate of drug-likeness (QED) is 0.278. The molecule has 124 valence electrons. The topological polar surface area (TPSA) is 65.7 Å². The molecule has 0 aromatic carbocycles. The molecular weight excluding hydrogens is 262 g/mol. The number of nitrogens with zero attached hydrogens (tertiary/aromatic N) is 2. The van der Waals surface area contributed by atoms with Gasteiger partial charge in [-0.05, 0) is 52.2 Å². The van der Waals surface area contributed by atoms with Gasteiger partial charge in [0, 0.05) is 6.04 Å². The van der Waals surface area contributed by atoms with Gasteiger partial charge in [0.2, 0.25) is 5.96 Å². The van der Waals surface area contributed by atoms with Crippen molar-refractivity contribution >= 4 is 5.96 Å². The molecule has 0 heterocycles. The fourth-order valence-corrected chi connectivity index (χ4v) is 2.98. The molecule has 4 N–H and O–H groups in total. The molecule has 1 aliphatic carbocycles. The lowest BCUT2D eigenvalue weighted by molar-refractivity contribution is 0.292. The summed E-state index contributed by atoms with van der Waals surface area (Å²) in [5.41, 5.74) is 2.73. The van der Waals surface area contributed by atoms with Gasteiger partial charge < -0.3 is 10.2 Å². The van der Waals surface area contributed by atoms with Crippen molar-refractivity contribution in [3.8, 4) is 0 Å². The summed E-state index contributed by atoms with van der Waals surface area (Å²) in [6, 6.07) is 0.846. The van der Waals surface area contributed by atoms with Crippen LogP contribution in [0.5, 0.6) is 0 Å². The molecule has 1 unspecified atom stereocenters. The van der Waals surface area contributed by atoms with Gasteiger partial charge in [0.05, 0.1) is 6.04 Å². The molecule has 0 bridgehead atoms. The molecule has 5 nitrogen and oxygen atoms in total. The van der Waals surface area contributed by atoms with Crippen molar-refractivity contribution in [3.05, 3.63) is 0 Å². The van der Waals surface area contributed by atoms with E-state index in [0.717, 1.165) is 25.5 Å². The summed E-state index contributed by atoms with van der Waals surface area (Å²) in [6.45, 7) is 10.1. The molecule has 1 fully saturated rings. The summed E-state index contributed by atoms with van der Waals surface area (Å²) < 4.78 is 0. The summed E-state index contributed by atoms with van der Waals surface area (Å²) in [5, 5.41) is 3.42. The monoisotopic (exact) mass is 297 g/mol. The maximum absolute atomic E-state index is 5.61. The second-order valence-corrected chi connectivity index (χ2v) is 6.13. The highest BCUT2D eigenvalue weighted by molar-refractivity contribution is 5.79. The average molecular weight is 297 g/mol. The first-order valence-electron chi connectivity index (χ1n) is 8.72. The minimum absolute atomic E-state index is 0.402. The van der Waals surface area contributed by atoms with E-state index in [1.807, 2.05) is 0 Å². The molecule has 5 heteroatoms. The first kappa shape index (κ1) is 18.2. The van der Waals surface area contributed by atoms with Crippen molar-refractivity contribution in [1.29, 1.82) is 0 Å². The summed E-state index contributed by atoms with van der Waals surface area (Å²) in [5.74, 6) is 6.37. The second kappa shape index (κ2) is 10.9. The Hall–Kier alpha value is -0.810. The summed E-state index contributed by atoms with van der Waals surface area (Å²) >= 11 is 0. The highest BCUT2D eigenvalue weighted by atomic mass is 15.3. The molecule has 0 aromatic rings. The maximum Gasteiger partial charge on any atom is 0.206 e. The van der Waals surface area contributed by atoms with Crippen LogP contribution in [0, 0.1) is 0 Å². The highest BCUT2D eigenvalue weighted by Crippen LogP contribution is 2.20. The predicted octanol–water partition coefficient (Wildman–Crippen LogP) is 2.24. The third-order valence-corrected chi connectivity index (χ3v) is 4.41. The van der Waals surface area contributed by atoms with Gasteiger partial charge in [0.15, 0.2) is 0 Å². The Morgan fingerprint density at radius 1 is 1.24 bits per heavy atom. The Kier molecular flexibility index (Phi) is 9.42. The smallest absolute Gasteiger partial charge is 0.206 e. The van der Waals surface area contributed by atoms with E-state index in [4.69, 9.17) is 10.8 Å². The van der Waals surface area contributed by atoms with E-state index in [-0.39, 0.29) is 0 Å². The van der Waals surface area contributed by atoms with E-state index < -0.39 is 0 Å². The number of rotatable bonds is 8. The Balaban J connectivity index is 2.29. The summed E-state index contributed by atoms with van der Waals surface area (Å²) in [6.07, 6.45) is 8.69. The predicted molar refractivity (Wildman–Crippen MR) is 91.3 cm³/mol. The van der Waals surface area contributed by atoms with E-state index >= 15 is 0 Å². The van der Waals surface area contributed by atoms with Gasteiger partial charge in [-0.2, -0.15) is 0 Å². The molecule has 1 aliphatic rings.